The van der Waals surface area contributed by atoms with E-state index in [0.29, 0.717) is 12.5 Å². The molecule has 23 heavy (non-hydrogen) atoms. The van der Waals surface area contributed by atoms with Gasteiger partial charge in [-0.05, 0) is 17.0 Å². The summed E-state index contributed by atoms with van der Waals surface area (Å²) in [4.78, 5) is 12.6. The molecule has 2 N–H and O–H groups in total. The number of aromatic nitrogens is 2. The predicted molar refractivity (Wildman–Crippen MR) is 90.2 cm³/mol. The molecule has 1 aliphatic rings. The van der Waals surface area contributed by atoms with Crippen LogP contribution in [0.2, 0.25) is 0 Å². The highest BCUT2D eigenvalue weighted by atomic mass is 16.1. The summed E-state index contributed by atoms with van der Waals surface area (Å²) in [6.45, 7) is 4.36. The number of aryl methyl sites for hydroxylation is 1. The molecular weight excluding hydrogens is 288 g/mol. The van der Waals surface area contributed by atoms with Crippen molar-refractivity contribution in [3.05, 3.63) is 53.9 Å². The first-order valence-electron chi connectivity index (χ1n) is 8.17. The molecule has 0 saturated carbocycles. The largest absolute Gasteiger partial charge is 0.355 e. The number of hydrogen-bond acceptors (Lipinski definition) is 3. The van der Waals surface area contributed by atoms with E-state index in [0.717, 1.165) is 18.7 Å². The molecule has 3 atom stereocenters. The summed E-state index contributed by atoms with van der Waals surface area (Å²) in [6.07, 6.45) is 3.87. The van der Waals surface area contributed by atoms with Gasteiger partial charge < -0.3 is 10.6 Å². The number of nitrogens with zero attached hydrogens (tertiary/aromatic N) is 2. The summed E-state index contributed by atoms with van der Waals surface area (Å²) in [5.41, 5.74) is 2.38. The average Bonchev–Trinajstić information content (AvgIpc) is 3.21. The predicted octanol–water partition coefficient (Wildman–Crippen LogP) is 1.64. The van der Waals surface area contributed by atoms with Crippen LogP contribution in [0.4, 0.5) is 0 Å². The molecule has 5 nitrogen and oxygen atoms in total. The van der Waals surface area contributed by atoms with E-state index >= 15 is 0 Å². The molecule has 3 rings (SSSR count). The molecule has 2 aromatic rings. The van der Waals surface area contributed by atoms with E-state index in [1.54, 1.807) is 4.68 Å². The van der Waals surface area contributed by atoms with Crippen LogP contribution in [-0.4, -0.2) is 35.3 Å². The van der Waals surface area contributed by atoms with Gasteiger partial charge in [-0.15, -0.1) is 0 Å². The fraction of sp³-hybridized carbons (Fsp3) is 0.444. The maximum Gasteiger partial charge on any atom is 0.225 e. The number of benzene rings is 1. The zero-order chi connectivity index (χ0) is 16.2. The quantitative estimate of drug-likeness (QED) is 0.882. The highest BCUT2D eigenvalue weighted by molar-refractivity contribution is 5.80. The van der Waals surface area contributed by atoms with Gasteiger partial charge in [0.2, 0.25) is 5.91 Å². The van der Waals surface area contributed by atoms with Crippen LogP contribution in [-0.2, 0) is 11.8 Å². The van der Waals surface area contributed by atoms with E-state index in [2.05, 4.69) is 34.8 Å². The van der Waals surface area contributed by atoms with E-state index in [1.807, 2.05) is 37.6 Å². The van der Waals surface area contributed by atoms with Crippen molar-refractivity contribution in [3.8, 4) is 0 Å². The second-order valence-electron chi connectivity index (χ2n) is 6.38. The Morgan fingerprint density at radius 2 is 2.17 bits per heavy atom. The average molecular weight is 312 g/mol. The van der Waals surface area contributed by atoms with Gasteiger partial charge in [-0.2, -0.15) is 5.10 Å². The van der Waals surface area contributed by atoms with Gasteiger partial charge in [0, 0.05) is 38.8 Å². The van der Waals surface area contributed by atoms with Crippen LogP contribution in [0.5, 0.6) is 0 Å². The lowest BCUT2D eigenvalue weighted by molar-refractivity contribution is -0.124. The first-order valence-corrected chi connectivity index (χ1v) is 8.17. The Hall–Kier alpha value is -2.14. The third-order valence-corrected chi connectivity index (χ3v) is 4.66. The van der Waals surface area contributed by atoms with Crippen molar-refractivity contribution in [2.45, 2.75) is 18.8 Å². The summed E-state index contributed by atoms with van der Waals surface area (Å²) in [7, 11) is 1.91. The zero-order valence-corrected chi connectivity index (χ0v) is 13.7. The molecule has 5 heteroatoms. The summed E-state index contributed by atoms with van der Waals surface area (Å²) in [5, 5.41) is 10.7. The Kier molecular flexibility index (Phi) is 4.76. The van der Waals surface area contributed by atoms with Gasteiger partial charge in [0.15, 0.2) is 0 Å². The monoisotopic (exact) mass is 312 g/mol. The lowest BCUT2D eigenvalue weighted by Crippen LogP contribution is -2.36. The van der Waals surface area contributed by atoms with Crippen molar-refractivity contribution in [3.63, 3.8) is 0 Å². The molecule has 0 aliphatic carbocycles. The van der Waals surface area contributed by atoms with E-state index in [9.17, 15) is 4.79 Å². The molecule has 1 unspecified atom stereocenters. The van der Waals surface area contributed by atoms with Crippen molar-refractivity contribution in [1.29, 1.82) is 0 Å². The van der Waals surface area contributed by atoms with Crippen molar-refractivity contribution in [2.24, 2.45) is 13.0 Å². The Morgan fingerprint density at radius 3 is 2.87 bits per heavy atom. The van der Waals surface area contributed by atoms with Crippen LogP contribution in [0, 0.1) is 5.92 Å². The first-order chi connectivity index (χ1) is 11.1. The fourth-order valence-corrected chi connectivity index (χ4v) is 3.22. The topological polar surface area (TPSA) is 59.0 Å². The Bertz CT molecular complexity index is 652. The Morgan fingerprint density at radius 1 is 1.39 bits per heavy atom. The number of nitrogens with one attached hydrogen (secondary N) is 2. The number of hydrogen-bond donors (Lipinski definition) is 2. The third kappa shape index (κ3) is 3.62. The minimum absolute atomic E-state index is 0.0258. The van der Waals surface area contributed by atoms with Gasteiger partial charge in [0.05, 0.1) is 12.1 Å². The molecule has 1 aromatic heterocycles. The molecule has 2 heterocycles. The second kappa shape index (κ2) is 6.96. The summed E-state index contributed by atoms with van der Waals surface area (Å²) >= 11 is 0. The van der Waals surface area contributed by atoms with Crippen molar-refractivity contribution in [2.75, 3.05) is 19.6 Å². The minimum Gasteiger partial charge on any atom is -0.355 e. The smallest absolute Gasteiger partial charge is 0.225 e. The molecule has 1 aromatic carbocycles. The molecule has 1 saturated heterocycles. The number of amides is 1. The maximum atomic E-state index is 12.6. The summed E-state index contributed by atoms with van der Waals surface area (Å²) < 4.78 is 1.79. The van der Waals surface area contributed by atoms with Gasteiger partial charge >= 0.3 is 0 Å². The lowest BCUT2D eigenvalue weighted by Gasteiger charge is -2.19. The van der Waals surface area contributed by atoms with Gasteiger partial charge in [0.25, 0.3) is 0 Å². The normalized spacial score (nSPS) is 22.0. The van der Waals surface area contributed by atoms with Crippen molar-refractivity contribution < 1.29 is 4.79 Å². The van der Waals surface area contributed by atoms with E-state index in [1.165, 1.54) is 5.56 Å². The summed E-state index contributed by atoms with van der Waals surface area (Å²) in [6, 6.07) is 10.3. The van der Waals surface area contributed by atoms with Gasteiger partial charge in [-0.1, -0.05) is 37.3 Å². The van der Waals surface area contributed by atoms with Crippen LogP contribution >= 0.6 is 0 Å². The Labute approximate surface area is 137 Å². The first kappa shape index (κ1) is 15.7. The maximum absolute atomic E-state index is 12.6. The molecule has 1 amide bonds. The molecule has 122 valence electrons. The summed E-state index contributed by atoms with van der Waals surface area (Å²) in [5.74, 6) is 0.621. The molecule has 0 bridgehead atoms. The van der Waals surface area contributed by atoms with Crippen LogP contribution in [0.1, 0.15) is 29.9 Å². The number of carbonyl (C=O) groups is 1. The highest BCUT2D eigenvalue weighted by Crippen LogP contribution is 2.28. The van der Waals surface area contributed by atoms with Crippen molar-refractivity contribution in [1.82, 2.24) is 20.4 Å². The van der Waals surface area contributed by atoms with E-state index in [4.69, 9.17) is 0 Å². The van der Waals surface area contributed by atoms with Gasteiger partial charge in [-0.3, -0.25) is 9.48 Å². The molecule has 0 spiro atoms. The Balaban J connectivity index is 1.59. The van der Waals surface area contributed by atoms with Gasteiger partial charge in [0.1, 0.15) is 0 Å². The standard InChI is InChI=1S/C18H24N4O/c1-13(14-6-4-3-5-7-14)8-20-18(23)17-11-19-10-16(17)15-9-21-22(2)12-15/h3-7,9,12-13,16-17,19H,8,10-11H2,1-2H3,(H,20,23)/t13?,16-,17+/m1/s1. The van der Waals surface area contributed by atoms with Crippen LogP contribution < -0.4 is 10.6 Å². The second-order valence-corrected chi connectivity index (χ2v) is 6.38. The molecule has 1 aliphatic heterocycles. The zero-order valence-electron chi connectivity index (χ0n) is 13.7. The van der Waals surface area contributed by atoms with Gasteiger partial charge in [-0.25, -0.2) is 0 Å². The van der Waals surface area contributed by atoms with Crippen LogP contribution in [0.15, 0.2) is 42.7 Å². The molecule has 0 radical (unpaired) electrons. The third-order valence-electron chi connectivity index (χ3n) is 4.66. The molecular formula is C18H24N4O. The number of carbonyl (C=O) groups excluding carboxylic acids is 1. The lowest BCUT2D eigenvalue weighted by atomic mass is 9.90. The van der Waals surface area contributed by atoms with E-state index < -0.39 is 0 Å². The minimum atomic E-state index is -0.0258. The van der Waals surface area contributed by atoms with E-state index in [-0.39, 0.29) is 17.7 Å². The number of rotatable bonds is 5. The van der Waals surface area contributed by atoms with Crippen molar-refractivity contribution >= 4 is 5.91 Å². The SMILES string of the molecule is CC(CNC(=O)[C@H]1CNC[C@@H]1c1cnn(C)c1)c1ccccc1. The van der Waals surface area contributed by atoms with Crippen LogP contribution in [0.25, 0.3) is 0 Å². The molecule has 1 fully saturated rings. The fourth-order valence-electron chi connectivity index (χ4n) is 3.22. The van der Waals surface area contributed by atoms with Crippen LogP contribution in [0.3, 0.4) is 0 Å². The highest BCUT2D eigenvalue weighted by Gasteiger charge is 2.34.